The lowest BCUT2D eigenvalue weighted by molar-refractivity contribution is -0.384. The SMILES string of the molecule is CN(C)C(=O)CNC(=NCc1ccc([N+](=O)[O-])cc1)NCCCc1ccccc1.I. The zero-order valence-corrected chi connectivity index (χ0v) is 19.5. The summed E-state index contributed by atoms with van der Waals surface area (Å²) in [5, 5.41) is 17.0. The predicted molar refractivity (Wildman–Crippen MR) is 129 cm³/mol. The van der Waals surface area contributed by atoms with Crippen LogP contribution in [0.5, 0.6) is 0 Å². The van der Waals surface area contributed by atoms with Gasteiger partial charge in [-0.1, -0.05) is 42.5 Å². The third-order valence-electron chi connectivity index (χ3n) is 4.25. The third-order valence-corrected chi connectivity index (χ3v) is 4.25. The number of carbonyl (C=O) groups is 1. The van der Waals surface area contributed by atoms with E-state index in [2.05, 4.69) is 27.8 Å². The normalized spacial score (nSPS) is 10.7. The van der Waals surface area contributed by atoms with Crippen molar-refractivity contribution in [2.24, 2.45) is 4.99 Å². The molecule has 8 nitrogen and oxygen atoms in total. The van der Waals surface area contributed by atoms with Gasteiger partial charge in [-0.2, -0.15) is 0 Å². The molecule has 0 bridgehead atoms. The standard InChI is InChI=1S/C21H27N5O3.HI/c1-25(2)20(27)16-24-21(22-14-6-9-17-7-4-3-5-8-17)23-15-18-10-12-19(13-11-18)26(28)29;/h3-5,7-8,10-13H,6,9,14-16H2,1-2H3,(H2,22,23,24);1H. The molecule has 30 heavy (non-hydrogen) atoms. The molecule has 0 aliphatic rings. The van der Waals surface area contributed by atoms with Crippen LogP contribution >= 0.6 is 24.0 Å². The first-order chi connectivity index (χ1) is 14.0. The largest absolute Gasteiger partial charge is 0.356 e. The van der Waals surface area contributed by atoms with Crippen LogP contribution in [0.2, 0.25) is 0 Å². The van der Waals surface area contributed by atoms with Crippen LogP contribution in [0.4, 0.5) is 5.69 Å². The molecule has 2 rings (SSSR count). The Bertz CT molecular complexity index is 826. The number of nitrogens with one attached hydrogen (secondary N) is 2. The van der Waals surface area contributed by atoms with Crippen LogP contribution in [0.15, 0.2) is 59.6 Å². The maximum absolute atomic E-state index is 11.9. The van der Waals surface area contributed by atoms with E-state index in [1.165, 1.54) is 22.6 Å². The molecule has 1 amide bonds. The summed E-state index contributed by atoms with van der Waals surface area (Å²) in [4.78, 5) is 28.2. The topological polar surface area (TPSA) is 99.9 Å². The van der Waals surface area contributed by atoms with E-state index in [1.54, 1.807) is 26.2 Å². The summed E-state index contributed by atoms with van der Waals surface area (Å²) < 4.78 is 0. The fraction of sp³-hybridized carbons (Fsp3) is 0.333. The number of nitro benzene ring substituents is 1. The Balaban J connectivity index is 0.00000450. The molecule has 0 spiro atoms. The summed E-state index contributed by atoms with van der Waals surface area (Å²) >= 11 is 0. The second kappa shape index (κ2) is 13.5. The Morgan fingerprint density at radius 1 is 1.03 bits per heavy atom. The lowest BCUT2D eigenvalue weighted by Crippen LogP contribution is -2.43. The molecule has 0 aliphatic heterocycles. The molecule has 0 atom stereocenters. The molecule has 0 saturated carbocycles. The molecule has 2 N–H and O–H groups in total. The van der Waals surface area contributed by atoms with Gasteiger partial charge in [0.15, 0.2) is 5.96 Å². The number of aryl methyl sites for hydroxylation is 1. The molecule has 2 aromatic rings. The number of hydrogen-bond donors (Lipinski definition) is 2. The molecule has 162 valence electrons. The van der Waals surface area contributed by atoms with Crippen molar-refractivity contribution in [3.05, 3.63) is 75.8 Å². The number of aliphatic imine (C=N–C) groups is 1. The maximum Gasteiger partial charge on any atom is 0.269 e. The minimum absolute atomic E-state index is 0. The second-order valence-corrected chi connectivity index (χ2v) is 6.75. The maximum atomic E-state index is 11.9. The number of halogens is 1. The van der Waals surface area contributed by atoms with E-state index in [0.29, 0.717) is 19.0 Å². The zero-order chi connectivity index (χ0) is 21.1. The van der Waals surface area contributed by atoms with E-state index in [4.69, 9.17) is 0 Å². The smallest absolute Gasteiger partial charge is 0.269 e. The third kappa shape index (κ3) is 9.21. The molecule has 0 radical (unpaired) electrons. The average molecular weight is 525 g/mol. The number of benzene rings is 2. The van der Waals surface area contributed by atoms with Gasteiger partial charge in [-0.3, -0.25) is 14.9 Å². The number of likely N-dealkylation sites (N-methyl/N-ethyl adjacent to an activating group) is 1. The molecule has 9 heteroatoms. The van der Waals surface area contributed by atoms with Crippen molar-refractivity contribution in [2.45, 2.75) is 19.4 Å². The van der Waals surface area contributed by atoms with E-state index < -0.39 is 4.92 Å². The number of rotatable bonds is 9. The summed E-state index contributed by atoms with van der Waals surface area (Å²) in [5.74, 6) is 0.478. The highest BCUT2D eigenvalue weighted by Crippen LogP contribution is 2.12. The predicted octanol–water partition coefficient (Wildman–Crippen LogP) is 2.97. The van der Waals surface area contributed by atoms with Gasteiger partial charge in [0, 0.05) is 32.8 Å². The number of nitrogens with zero attached hydrogens (tertiary/aromatic N) is 3. The monoisotopic (exact) mass is 525 g/mol. The molecule has 0 unspecified atom stereocenters. The van der Waals surface area contributed by atoms with Gasteiger partial charge in [0.2, 0.25) is 5.91 Å². The quantitative estimate of drug-likeness (QED) is 0.131. The van der Waals surface area contributed by atoms with Crippen LogP contribution in [0, 0.1) is 10.1 Å². The zero-order valence-electron chi connectivity index (χ0n) is 17.2. The Morgan fingerprint density at radius 2 is 1.70 bits per heavy atom. The molecule has 0 aromatic heterocycles. The molecule has 0 fully saturated rings. The molecule has 0 aliphatic carbocycles. The molecule has 0 saturated heterocycles. The van der Waals surface area contributed by atoms with Crippen LogP contribution in [-0.4, -0.2) is 48.9 Å². The lowest BCUT2D eigenvalue weighted by Gasteiger charge is -2.15. The first-order valence-electron chi connectivity index (χ1n) is 9.45. The van der Waals surface area contributed by atoms with Gasteiger partial charge in [0.1, 0.15) is 0 Å². The molecule has 0 heterocycles. The minimum Gasteiger partial charge on any atom is -0.356 e. The summed E-state index contributed by atoms with van der Waals surface area (Å²) in [5.41, 5.74) is 2.17. The van der Waals surface area contributed by atoms with Crippen LogP contribution < -0.4 is 10.6 Å². The van der Waals surface area contributed by atoms with Crippen LogP contribution in [-0.2, 0) is 17.8 Å². The molecular formula is C21H28IN5O3. The number of carbonyl (C=O) groups excluding carboxylic acids is 1. The van der Waals surface area contributed by atoms with Crippen molar-refractivity contribution in [3.63, 3.8) is 0 Å². The first kappa shape index (κ1) is 25.3. The van der Waals surface area contributed by atoms with Crippen molar-refractivity contribution in [2.75, 3.05) is 27.2 Å². The highest BCUT2D eigenvalue weighted by Gasteiger charge is 2.07. The van der Waals surface area contributed by atoms with Crippen LogP contribution in [0.1, 0.15) is 17.5 Å². The number of hydrogen-bond acceptors (Lipinski definition) is 4. The number of non-ortho nitro benzene ring substituents is 1. The summed E-state index contributed by atoms with van der Waals surface area (Å²) in [6.45, 7) is 1.19. The Hall–Kier alpha value is -2.69. The van der Waals surface area contributed by atoms with Crippen LogP contribution in [0.3, 0.4) is 0 Å². The minimum atomic E-state index is -0.429. The average Bonchev–Trinajstić information content (AvgIpc) is 2.73. The van der Waals surface area contributed by atoms with Gasteiger partial charge in [-0.25, -0.2) is 4.99 Å². The van der Waals surface area contributed by atoms with E-state index in [9.17, 15) is 14.9 Å². The first-order valence-corrected chi connectivity index (χ1v) is 9.45. The fourth-order valence-electron chi connectivity index (χ4n) is 2.53. The number of guanidine groups is 1. The fourth-order valence-corrected chi connectivity index (χ4v) is 2.53. The lowest BCUT2D eigenvalue weighted by atomic mass is 10.1. The van der Waals surface area contributed by atoms with Crippen molar-refractivity contribution >= 4 is 41.5 Å². The van der Waals surface area contributed by atoms with Crippen LogP contribution in [0.25, 0.3) is 0 Å². The van der Waals surface area contributed by atoms with Gasteiger partial charge in [0.25, 0.3) is 5.69 Å². The van der Waals surface area contributed by atoms with Crippen molar-refractivity contribution < 1.29 is 9.72 Å². The van der Waals surface area contributed by atoms with E-state index in [0.717, 1.165) is 18.4 Å². The highest BCUT2D eigenvalue weighted by atomic mass is 127. The summed E-state index contributed by atoms with van der Waals surface area (Å²) in [6.07, 6.45) is 1.87. The van der Waals surface area contributed by atoms with E-state index in [1.807, 2.05) is 18.2 Å². The van der Waals surface area contributed by atoms with E-state index in [-0.39, 0.29) is 42.1 Å². The Labute approximate surface area is 193 Å². The van der Waals surface area contributed by atoms with Crippen molar-refractivity contribution in [1.29, 1.82) is 0 Å². The Morgan fingerprint density at radius 3 is 2.30 bits per heavy atom. The van der Waals surface area contributed by atoms with Gasteiger partial charge in [-0.05, 0) is 24.0 Å². The van der Waals surface area contributed by atoms with Crippen molar-refractivity contribution in [1.82, 2.24) is 15.5 Å². The second-order valence-electron chi connectivity index (χ2n) is 6.75. The summed E-state index contributed by atoms with van der Waals surface area (Å²) in [6, 6.07) is 16.5. The number of nitro groups is 1. The Kier molecular flexibility index (Phi) is 11.4. The molecular weight excluding hydrogens is 497 g/mol. The van der Waals surface area contributed by atoms with Gasteiger partial charge < -0.3 is 15.5 Å². The van der Waals surface area contributed by atoms with E-state index >= 15 is 0 Å². The van der Waals surface area contributed by atoms with Gasteiger partial charge in [0.05, 0.1) is 18.0 Å². The summed E-state index contributed by atoms with van der Waals surface area (Å²) in [7, 11) is 3.40. The highest BCUT2D eigenvalue weighted by molar-refractivity contribution is 14.0. The number of amides is 1. The van der Waals surface area contributed by atoms with Gasteiger partial charge >= 0.3 is 0 Å². The van der Waals surface area contributed by atoms with Crippen molar-refractivity contribution in [3.8, 4) is 0 Å². The molecule has 2 aromatic carbocycles. The van der Waals surface area contributed by atoms with Gasteiger partial charge in [-0.15, -0.1) is 24.0 Å².